The summed E-state index contributed by atoms with van der Waals surface area (Å²) in [5.41, 5.74) is 3.63. The number of hydrogen-bond donors (Lipinski definition) is 3. The Morgan fingerprint density at radius 2 is 1.84 bits per heavy atom. The molecule has 4 heteroatoms. The Kier molecular flexibility index (Phi) is 7.68. The van der Waals surface area contributed by atoms with E-state index in [1.807, 2.05) is 0 Å². The lowest BCUT2D eigenvalue weighted by molar-refractivity contribution is 0.0862. The average molecular weight is 431 g/mol. The number of rotatable bonds is 5. The van der Waals surface area contributed by atoms with Crippen molar-refractivity contribution in [3.8, 4) is 0 Å². The second-order valence-electron chi connectivity index (χ2n) is 10.7. The summed E-state index contributed by atoms with van der Waals surface area (Å²) in [6.07, 6.45) is 16.9. The quantitative estimate of drug-likeness (QED) is 0.569. The minimum atomic E-state index is -0.621. The highest BCUT2D eigenvalue weighted by Crippen LogP contribution is 2.59. The molecule has 7 atom stereocenters. The molecule has 4 nitrogen and oxygen atoms in total. The summed E-state index contributed by atoms with van der Waals surface area (Å²) in [7, 11) is 0. The molecule has 0 unspecified atom stereocenters. The molecule has 4 aliphatic rings. The second kappa shape index (κ2) is 9.74. The molecule has 4 fully saturated rings. The standard InChI is InChI=1S/C27H40O3.H2O/c1-17(6-13-25(29)20-8-9-20)23-11-12-24-19(5-4-14-27(23,24)3)7-10-21-15-22(28)16-26(30)18(21)2;/h6-7,10,13,17,20,22-26,28-30H,2,4-5,8-9,11-12,14-16H2,1,3H3;1H2/b13-6+,19-7?,21-10?;/t17-,22-,23-,24+,25-,26+,27-;/m1./s1. The van der Waals surface area contributed by atoms with Gasteiger partial charge in [0.25, 0.3) is 0 Å². The Labute approximate surface area is 187 Å². The molecule has 4 aliphatic carbocycles. The highest BCUT2D eigenvalue weighted by molar-refractivity contribution is 5.38. The van der Waals surface area contributed by atoms with Crippen LogP contribution in [0, 0.1) is 29.1 Å². The molecule has 0 aromatic rings. The first-order chi connectivity index (χ1) is 14.3. The molecule has 0 aliphatic heterocycles. The van der Waals surface area contributed by atoms with Crippen LogP contribution in [0.1, 0.15) is 71.6 Å². The summed E-state index contributed by atoms with van der Waals surface area (Å²) in [6.45, 7) is 8.88. The Hall–Kier alpha value is -1.20. The van der Waals surface area contributed by atoms with Crippen LogP contribution in [-0.4, -0.2) is 39.1 Å². The monoisotopic (exact) mass is 430 g/mol. The van der Waals surface area contributed by atoms with Crippen LogP contribution in [0.5, 0.6) is 0 Å². The largest absolute Gasteiger partial charge is 0.412 e. The van der Waals surface area contributed by atoms with Gasteiger partial charge in [-0.2, -0.15) is 0 Å². The SMILES string of the molecule is C=C1C(=CC=C2CCC[C@]3(C)[C@@H]([C@H](C)/C=C/[C@@H](O)C4CC4)CC[C@@H]23)C[C@@H](O)C[C@@H]1O.O. The average Bonchev–Trinajstić information content (AvgIpc) is 3.49. The van der Waals surface area contributed by atoms with E-state index in [0.717, 1.165) is 17.6 Å². The summed E-state index contributed by atoms with van der Waals surface area (Å²) in [4.78, 5) is 0. The number of hydrogen-bond acceptors (Lipinski definition) is 3. The van der Waals surface area contributed by atoms with E-state index < -0.39 is 12.2 Å². The molecule has 5 N–H and O–H groups in total. The van der Waals surface area contributed by atoms with Gasteiger partial charge in [0.1, 0.15) is 0 Å². The summed E-state index contributed by atoms with van der Waals surface area (Å²) in [5.74, 6) is 2.28. The van der Waals surface area contributed by atoms with E-state index in [9.17, 15) is 15.3 Å². The number of aliphatic hydroxyl groups excluding tert-OH is 3. The van der Waals surface area contributed by atoms with Crippen molar-refractivity contribution in [2.75, 3.05) is 0 Å². The van der Waals surface area contributed by atoms with Crippen LogP contribution < -0.4 is 0 Å². The van der Waals surface area contributed by atoms with Gasteiger partial charge in [0, 0.05) is 6.42 Å². The van der Waals surface area contributed by atoms with Crippen LogP contribution in [-0.2, 0) is 0 Å². The van der Waals surface area contributed by atoms with Crippen LogP contribution in [0.2, 0.25) is 0 Å². The van der Waals surface area contributed by atoms with Crippen LogP contribution in [0.3, 0.4) is 0 Å². The van der Waals surface area contributed by atoms with Gasteiger partial charge < -0.3 is 20.8 Å². The van der Waals surface area contributed by atoms with Gasteiger partial charge in [-0.05, 0) is 91.6 Å². The molecule has 0 saturated heterocycles. The van der Waals surface area contributed by atoms with Gasteiger partial charge in [-0.3, -0.25) is 0 Å². The molecule has 174 valence electrons. The van der Waals surface area contributed by atoms with Crippen molar-refractivity contribution in [2.45, 2.75) is 89.9 Å². The predicted octanol–water partition coefficient (Wildman–Crippen LogP) is 4.27. The van der Waals surface area contributed by atoms with Gasteiger partial charge in [-0.25, -0.2) is 0 Å². The molecular formula is C27H42O4. The highest BCUT2D eigenvalue weighted by Gasteiger charge is 2.50. The van der Waals surface area contributed by atoms with Gasteiger partial charge in [-0.1, -0.05) is 50.3 Å². The van der Waals surface area contributed by atoms with Crippen molar-refractivity contribution in [2.24, 2.45) is 29.1 Å². The van der Waals surface area contributed by atoms with Gasteiger partial charge in [-0.15, -0.1) is 0 Å². The van der Waals surface area contributed by atoms with Gasteiger partial charge in [0.05, 0.1) is 18.3 Å². The highest BCUT2D eigenvalue weighted by atomic mass is 16.3. The maximum absolute atomic E-state index is 10.2. The van der Waals surface area contributed by atoms with Crippen molar-refractivity contribution in [3.05, 3.63) is 47.6 Å². The Bertz CT molecular complexity index is 746. The third-order valence-corrected chi connectivity index (χ3v) is 8.65. The molecule has 0 aromatic heterocycles. The van der Waals surface area contributed by atoms with E-state index in [0.29, 0.717) is 41.9 Å². The van der Waals surface area contributed by atoms with Gasteiger partial charge >= 0.3 is 0 Å². The zero-order chi connectivity index (χ0) is 21.5. The number of allylic oxidation sites excluding steroid dienone is 4. The molecule has 31 heavy (non-hydrogen) atoms. The van der Waals surface area contributed by atoms with E-state index in [1.165, 1.54) is 44.1 Å². The van der Waals surface area contributed by atoms with Crippen molar-refractivity contribution in [1.82, 2.24) is 0 Å². The zero-order valence-electron chi connectivity index (χ0n) is 19.3. The normalized spacial score (nSPS) is 40.7. The van der Waals surface area contributed by atoms with Crippen molar-refractivity contribution >= 4 is 0 Å². The van der Waals surface area contributed by atoms with E-state index in [-0.39, 0.29) is 11.6 Å². The summed E-state index contributed by atoms with van der Waals surface area (Å²) >= 11 is 0. The Morgan fingerprint density at radius 3 is 2.55 bits per heavy atom. The van der Waals surface area contributed by atoms with Crippen molar-refractivity contribution in [3.63, 3.8) is 0 Å². The number of fused-ring (bicyclic) bond motifs is 1. The van der Waals surface area contributed by atoms with Crippen LogP contribution in [0.25, 0.3) is 0 Å². The lowest BCUT2D eigenvalue weighted by atomic mass is 9.61. The van der Waals surface area contributed by atoms with Gasteiger partial charge in [0.2, 0.25) is 0 Å². The fraction of sp³-hybridized carbons (Fsp3) is 0.704. The second-order valence-corrected chi connectivity index (χ2v) is 10.7. The minimum Gasteiger partial charge on any atom is -0.412 e. The fourth-order valence-corrected chi connectivity index (χ4v) is 6.63. The van der Waals surface area contributed by atoms with E-state index in [1.54, 1.807) is 0 Å². The van der Waals surface area contributed by atoms with Crippen molar-refractivity contribution < 1.29 is 20.8 Å². The first-order valence-electron chi connectivity index (χ1n) is 12.1. The van der Waals surface area contributed by atoms with Crippen LogP contribution >= 0.6 is 0 Å². The molecular weight excluding hydrogens is 388 g/mol. The van der Waals surface area contributed by atoms with Crippen molar-refractivity contribution in [1.29, 1.82) is 0 Å². The van der Waals surface area contributed by atoms with Crippen LogP contribution in [0.4, 0.5) is 0 Å². The number of aliphatic hydroxyl groups is 3. The van der Waals surface area contributed by atoms with Crippen LogP contribution in [0.15, 0.2) is 47.6 Å². The first kappa shape index (κ1) is 24.4. The molecule has 0 heterocycles. The molecule has 4 rings (SSSR count). The Balaban J connectivity index is 0.00000272. The van der Waals surface area contributed by atoms with E-state index in [2.05, 4.69) is 44.7 Å². The first-order valence-corrected chi connectivity index (χ1v) is 12.1. The molecule has 0 spiro atoms. The molecule has 0 amide bonds. The third kappa shape index (κ3) is 5.08. The minimum absolute atomic E-state index is 0. The lowest BCUT2D eigenvalue weighted by Crippen LogP contribution is -2.35. The molecule has 0 bridgehead atoms. The van der Waals surface area contributed by atoms with E-state index >= 15 is 0 Å². The lowest BCUT2D eigenvalue weighted by Gasteiger charge is -2.44. The maximum atomic E-state index is 10.2. The topological polar surface area (TPSA) is 92.2 Å². The summed E-state index contributed by atoms with van der Waals surface area (Å²) in [6, 6.07) is 0. The maximum Gasteiger partial charge on any atom is 0.0811 e. The molecule has 0 radical (unpaired) electrons. The Morgan fingerprint density at radius 1 is 1.10 bits per heavy atom. The van der Waals surface area contributed by atoms with Gasteiger partial charge in [0.15, 0.2) is 0 Å². The third-order valence-electron chi connectivity index (χ3n) is 8.65. The fourth-order valence-electron chi connectivity index (χ4n) is 6.63. The summed E-state index contributed by atoms with van der Waals surface area (Å²) < 4.78 is 0. The zero-order valence-corrected chi connectivity index (χ0v) is 19.3. The predicted molar refractivity (Wildman–Crippen MR) is 125 cm³/mol. The van der Waals surface area contributed by atoms with E-state index in [4.69, 9.17) is 0 Å². The molecule has 0 aromatic carbocycles. The smallest absolute Gasteiger partial charge is 0.0811 e. The molecule has 4 saturated carbocycles. The summed E-state index contributed by atoms with van der Waals surface area (Å²) in [5, 5.41) is 30.4.